The molecule has 0 aromatic carbocycles. The minimum absolute atomic E-state index is 0.183. The maximum Gasteiger partial charge on any atom is 0.323 e. The Morgan fingerprint density at radius 3 is 3.00 bits per heavy atom. The van der Waals surface area contributed by atoms with Crippen molar-refractivity contribution in [3.8, 4) is 0 Å². The highest BCUT2D eigenvalue weighted by Gasteiger charge is 2.24. The van der Waals surface area contributed by atoms with E-state index in [4.69, 9.17) is 16.3 Å². The van der Waals surface area contributed by atoms with Gasteiger partial charge in [-0.05, 0) is 35.8 Å². The predicted octanol–water partition coefficient (Wildman–Crippen LogP) is 3.02. The topological polar surface area (TPSA) is 92.6 Å². The molecule has 1 unspecified atom stereocenters. The highest BCUT2D eigenvalue weighted by molar-refractivity contribution is 9.12. The zero-order valence-electron chi connectivity index (χ0n) is 14.4. The first-order valence-corrected chi connectivity index (χ1v) is 9.01. The van der Waals surface area contributed by atoms with Gasteiger partial charge < -0.3 is 20.7 Å². The van der Waals surface area contributed by atoms with Crippen molar-refractivity contribution in [3.63, 3.8) is 0 Å². The van der Waals surface area contributed by atoms with E-state index in [1.54, 1.807) is 19.4 Å². The standard InChI is InChI=1S/C16H18BrClN6O2/c1-8-14(17)13(9(2)26-3)12(5-19-8)23-16(25)22-10-4-11(18)15-20-7-21-24(15)6-10/h4,6-7,9,19H,5H2,1-3H3,(H2,22,23,25). The molecule has 2 amide bonds. The van der Waals surface area contributed by atoms with Crippen LogP contribution in [0.1, 0.15) is 13.8 Å². The lowest BCUT2D eigenvalue weighted by Crippen LogP contribution is -2.38. The monoisotopic (exact) mass is 440 g/mol. The van der Waals surface area contributed by atoms with Crippen LogP contribution in [0.25, 0.3) is 5.65 Å². The highest BCUT2D eigenvalue weighted by Crippen LogP contribution is 2.30. The van der Waals surface area contributed by atoms with Gasteiger partial charge in [0.1, 0.15) is 6.33 Å². The SMILES string of the molecule is COC(C)C1=C(NC(=O)Nc2cc(Cl)c3ncnn3c2)CNC(C)=C1Br. The molecule has 0 spiro atoms. The summed E-state index contributed by atoms with van der Waals surface area (Å²) in [6.07, 6.45) is 2.85. The van der Waals surface area contributed by atoms with Gasteiger partial charge >= 0.3 is 6.03 Å². The fourth-order valence-corrected chi connectivity index (χ4v) is 3.59. The van der Waals surface area contributed by atoms with Crippen LogP contribution in [0.5, 0.6) is 0 Å². The van der Waals surface area contributed by atoms with Gasteiger partial charge in [0.25, 0.3) is 0 Å². The molecule has 3 rings (SSSR count). The summed E-state index contributed by atoms with van der Waals surface area (Å²) in [5.41, 5.74) is 3.63. The third-order valence-corrected chi connectivity index (χ3v) is 5.33. The first kappa shape index (κ1) is 18.7. The normalized spacial score (nSPS) is 15.9. The minimum Gasteiger partial charge on any atom is -0.382 e. The maximum atomic E-state index is 12.5. The number of ether oxygens (including phenoxy) is 1. The smallest absolute Gasteiger partial charge is 0.323 e. The molecule has 138 valence electrons. The number of fused-ring (bicyclic) bond motifs is 1. The largest absolute Gasteiger partial charge is 0.382 e. The molecule has 2 aromatic rings. The van der Waals surface area contributed by atoms with E-state index < -0.39 is 6.03 Å². The van der Waals surface area contributed by atoms with Crippen LogP contribution >= 0.6 is 27.5 Å². The van der Waals surface area contributed by atoms with Crippen molar-refractivity contribution < 1.29 is 9.53 Å². The lowest BCUT2D eigenvalue weighted by atomic mass is 10.0. The van der Waals surface area contributed by atoms with Crippen LogP contribution in [0.3, 0.4) is 0 Å². The van der Waals surface area contributed by atoms with Gasteiger partial charge in [-0.2, -0.15) is 5.10 Å². The van der Waals surface area contributed by atoms with Crippen molar-refractivity contribution in [1.29, 1.82) is 0 Å². The first-order chi connectivity index (χ1) is 12.4. The molecule has 0 radical (unpaired) electrons. The number of pyridine rings is 1. The number of hydrogen-bond acceptors (Lipinski definition) is 5. The molecule has 10 heteroatoms. The van der Waals surface area contributed by atoms with E-state index in [1.807, 2.05) is 13.8 Å². The number of dihydropyridines is 1. The molecule has 8 nitrogen and oxygen atoms in total. The molecule has 26 heavy (non-hydrogen) atoms. The van der Waals surface area contributed by atoms with Gasteiger partial charge in [-0.25, -0.2) is 14.3 Å². The molecular formula is C16H18BrClN6O2. The average Bonchev–Trinajstić information content (AvgIpc) is 3.07. The molecule has 0 fully saturated rings. The summed E-state index contributed by atoms with van der Waals surface area (Å²) in [6, 6.07) is 1.23. The molecule has 0 bridgehead atoms. The molecule has 3 N–H and O–H groups in total. The van der Waals surface area contributed by atoms with Gasteiger partial charge in [0.2, 0.25) is 0 Å². The summed E-state index contributed by atoms with van der Waals surface area (Å²) in [4.78, 5) is 16.5. The van der Waals surface area contributed by atoms with Crippen LogP contribution < -0.4 is 16.0 Å². The third-order valence-electron chi connectivity index (χ3n) is 4.03. The number of carbonyl (C=O) groups excluding carboxylic acids is 1. The number of allylic oxidation sites excluding steroid dienone is 1. The van der Waals surface area contributed by atoms with Gasteiger partial charge in [0.15, 0.2) is 5.65 Å². The number of methoxy groups -OCH3 is 1. The van der Waals surface area contributed by atoms with Crippen molar-refractivity contribution in [3.05, 3.63) is 45.1 Å². The Labute approximate surface area is 163 Å². The Hall–Kier alpha value is -2.10. The van der Waals surface area contributed by atoms with E-state index in [0.29, 0.717) is 22.9 Å². The zero-order chi connectivity index (χ0) is 18.8. The number of halogens is 2. The van der Waals surface area contributed by atoms with Gasteiger partial charge in [-0.1, -0.05) is 11.6 Å². The molecule has 3 heterocycles. The molecule has 2 aromatic heterocycles. The number of rotatable bonds is 4. The average molecular weight is 442 g/mol. The summed E-state index contributed by atoms with van der Waals surface area (Å²) in [5.74, 6) is 0. The van der Waals surface area contributed by atoms with Crippen LogP contribution in [0.15, 0.2) is 40.0 Å². The first-order valence-electron chi connectivity index (χ1n) is 7.84. The second kappa shape index (κ2) is 7.65. The van der Waals surface area contributed by atoms with E-state index in [1.165, 1.54) is 10.8 Å². The fourth-order valence-electron chi connectivity index (χ4n) is 2.63. The zero-order valence-corrected chi connectivity index (χ0v) is 16.8. The number of nitrogens with zero attached hydrogens (tertiary/aromatic N) is 3. The summed E-state index contributed by atoms with van der Waals surface area (Å²) in [6.45, 7) is 4.37. The number of nitrogens with one attached hydrogen (secondary N) is 3. The van der Waals surface area contributed by atoms with Crippen molar-refractivity contribution in [2.24, 2.45) is 0 Å². The van der Waals surface area contributed by atoms with Crippen LogP contribution in [0, 0.1) is 0 Å². The molecule has 1 atom stereocenters. The maximum absolute atomic E-state index is 12.5. The Morgan fingerprint density at radius 1 is 1.50 bits per heavy atom. The van der Waals surface area contributed by atoms with Gasteiger partial charge in [-0.3, -0.25) is 0 Å². The fraction of sp³-hybridized carbons (Fsp3) is 0.312. The highest BCUT2D eigenvalue weighted by atomic mass is 79.9. The molecular weight excluding hydrogens is 424 g/mol. The Balaban J connectivity index is 1.82. The minimum atomic E-state index is -0.391. The van der Waals surface area contributed by atoms with E-state index in [9.17, 15) is 4.79 Å². The summed E-state index contributed by atoms with van der Waals surface area (Å²) in [5, 5.41) is 13.3. The van der Waals surface area contributed by atoms with E-state index in [0.717, 1.165) is 21.4 Å². The lowest BCUT2D eigenvalue weighted by Gasteiger charge is -2.27. The van der Waals surface area contributed by atoms with Crippen LogP contribution in [-0.2, 0) is 4.74 Å². The molecule has 1 aliphatic rings. The summed E-state index contributed by atoms with van der Waals surface area (Å²) in [7, 11) is 1.63. The molecule has 0 saturated carbocycles. The number of carbonyl (C=O) groups is 1. The van der Waals surface area contributed by atoms with Gasteiger partial charge in [0.05, 0.1) is 29.6 Å². The number of aromatic nitrogens is 3. The van der Waals surface area contributed by atoms with Crippen molar-refractivity contribution in [2.75, 3.05) is 19.0 Å². The summed E-state index contributed by atoms with van der Waals surface area (Å²) >= 11 is 9.72. The van der Waals surface area contributed by atoms with Gasteiger partial charge in [-0.15, -0.1) is 0 Å². The van der Waals surface area contributed by atoms with Crippen molar-refractivity contribution in [2.45, 2.75) is 20.0 Å². The molecule has 0 saturated heterocycles. The number of urea groups is 1. The van der Waals surface area contributed by atoms with E-state index in [2.05, 4.69) is 42.0 Å². The number of amides is 2. The number of anilines is 1. The summed E-state index contributed by atoms with van der Waals surface area (Å²) < 4.78 is 7.81. The second-order valence-electron chi connectivity index (χ2n) is 5.75. The third kappa shape index (κ3) is 3.69. The predicted molar refractivity (Wildman–Crippen MR) is 103 cm³/mol. The van der Waals surface area contributed by atoms with E-state index in [-0.39, 0.29) is 6.10 Å². The molecule has 1 aliphatic heterocycles. The van der Waals surface area contributed by atoms with Crippen molar-refractivity contribution in [1.82, 2.24) is 25.2 Å². The van der Waals surface area contributed by atoms with Crippen LogP contribution in [-0.4, -0.2) is 40.4 Å². The quantitative estimate of drug-likeness (QED) is 0.678. The molecule has 0 aliphatic carbocycles. The van der Waals surface area contributed by atoms with E-state index >= 15 is 0 Å². The van der Waals surface area contributed by atoms with Gasteiger partial charge in [0, 0.05) is 28.6 Å². The van der Waals surface area contributed by atoms with Crippen LogP contribution in [0.4, 0.5) is 10.5 Å². The lowest BCUT2D eigenvalue weighted by molar-refractivity contribution is 0.147. The Bertz CT molecular complexity index is 923. The Kier molecular flexibility index (Phi) is 5.49. The second-order valence-corrected chi connectivity index (χ2v) is 6.95. The van der Waals surface area contributed by atoms with Crippen molar-refractivity contribution >= 4 is 44.9 Å². The van der Waals surface area contributed by atoms with Crippen LogP contribution in [0.2, 0.25) is 5.02 Å². The Morgan fingerprint density at radius 2 is 2.27 bits per heavy atom. The number of hydrogen-bond donors (Lipinski definition) is 3.